The maximum Gasteiger partial charge on any atom is 0.227 e. The highest BCUT2D eigenvalue weighted by molar-refractivity contribution is 7.10. The minimum Gasteiger partial charge on any atom is -0.342 e. The summed E-state index contributed by atoms with van der Waals surface area (Å²) in [7, 11) is 0. The molecule has 1 amide bonds. The minimum atomic E-state index is 0.273. The van der Waals surface area contributed by atoms with Gasteiger partial charge in [0.25, 0.3) is 0 Å². The molecule has 0 aromatic carbocycles. The van der Waals surface area contributed by atoms with E-state index in [0.717, 1.165) is 43.2 Å². The van der Waals surface area contributed by atoms with Crippen molar-refractivity contribution in [2.24, 2.45) is 5.92 Å². The molecule has 0 unspecified atom stereocenters. The molecule has 1 saturated heterocycles. The number of aromatic nitrogens is 2. The van der Waals surface area contributed by atoms with E-state index >= 15 is 0 Å². The van der Waals surface area contributed by atoms with Crippen LogP contribution in [0.2, 0.25) is 0 Å². The monoisotopic (exact) mass is 303 g/mol. The summed E-state index contributed by atoms with van der Waals surface area (Å²) < 4.78 is 2.22. The molecule has 0 aliphatic carbocycles. The molecule has 0 atom stereocenters. The van der Waals surface area contributed by atoms with Crippen LogP contribution in [0.15, 0.2) is 29.9 Å². The predicted molar refractivity (Wildman–Crippen MR) is 84.3 cm³/mol. The van der Waals surface area contributed by atoms with Crippen LogP contribution in [0.1, 0.15) is 23.5 Å². The number of hydrogen-bond donors (Lipinski definition) is 0. The number of carbonyl (C=O) groups is 1. The summed E-state index contributed by atoms with van der Waals surface area (Å²) in [6.07, 6.45) is 6.64. The Morgan fingerprint density at radius 1 is 1.43 bits per heavy atom. The molecule has 1 aliphatic heterocycles. The van der Waals surface area contributed by atoms with Crippen LogP contribution in [0.5, 0.6) is 0 Å². The summed E-state index contributed by atoms with van der Waals surface area (Å²) in [6, 6.07) is 4.05. The van der Waals surface area contributed by atoms with Gasteiger partial charge in [0.1, 0.15) is 5.82 Å². The second-order valence-electron chi connectivity index (χ2n) is 5.71. The Labute approximate surface area is 129 Å². The van der Waals surface area contributed by atoms with Crippen molar-refractivity contribution >= 4 is 17.2 Å². The van der Waals surface area contributed by atoms with Gasteiger partial charge in [-0.3, -0.25) is 4.79 Å². The van der Waals surface area contributed by atoms with Gasteiger partial charge in [-0.25, -0.2) is 4.98 Å². The number of rotatable bonds is 4. The summed E-state index contributed by atoms with van der Waals surface area (Å²) in [4.78, 5) is 19.7. The molecule has 0 saturated carbocycles. The van der Waals surface area contributed by atoms with Crippen LogP contribution in [0, 0.1) is 12.8 Å². The zero-order valence-electron chi connectivity index (χ0n) is 12.4. The highest BCUT2D eigenvalue weighted by Crippen LogP contribution is 2.21. The SMILES string of the molecule is Cc1nccn1CC1CCN(C(=O)Cc2cccs2)CC1. The number of nitrogens with zero attached hydrogens (tertiary/aromatic N) is 3. The van der Waals surface area contributed by atoms with E-state index in [1.807, 2.05) is 41.7 Å². The summed E-state index contributed by atoms with van der Waals surface area (Å²) in [5, 5.41) is 2.03. The molecule has 2 aromatic rings. The van der Waals surface area contributed by atoms with E-state index in [2.05, 4.69) is 9.55 Å². The van der Waals surface area contributed by atoms with Gasteiger partial charge in [-0.1, -0.05) is 6.07 Å². The Hall–Kier alpha value is -1.62. The third-order valence-corrected chi connectivity index (χ3v) is 5.13. The number of likely N-dealkylation sites (tertiary alicyclic amines) is 1. The van der Waals surface area contributed by atoms with Crippen LogP contribution >= 0.6 is 11.3 Å². The van der Waals surface area contributed by atoms with E-state index in [0.29, 0.717) is 12.3 Å². The molecule has 4 nitrogen and oxygen atoms in total. The normalized spacial score (nSPS) is 16.3. The fourth-order valence-electron chi connectivity index (χ4n) is 2.91. The molecule has 0 N–H and O–H groups in total. The molecule has 1 aliphatic rings. The van der Waals surface area contributed by atoms with Gasteiger partial charge in [0, 0.05) is 36.9 Å². The lowest BCUT2D eigenvalue weighted by Crippen LogP contribution is -2.40. The molecule has 3 rings (SSSR count). The third-order valence-electron chi connectivity index (χ3n) is 4.25. The Morgan fingerprint density at radius 2 is 2.24 bits per heavy atom. The van der Waals surface area contributed by atoms with E-state index in [1.54, 1.807) is 11.3 Å². The quantitative estimate of drug-likeness (QED) is 0.871. The Bertz CT molecular complexity index is 582. The second kappa shape index (κ2) is 6.43. The van der Waals surface area contributed by atoms with Crippen molar-refractivity contribution in [2.45, 2.75) is 32.7 Å². The van der Waals surface area contributed by atoms with Crippen molar-refractivity contribution in [1.82, 2.24) is 14.5 Å². The fourth-order valence-corrected chi connectivity index (χ4v) is 3.61. The smallest absolute Gasteiger partial charge is 0.227 e. The van der Waals surface area contributed by atoms with Gasteiger partial charge in [-0.05, 0) is 37.1 Å². The maximum atomic E-state index is 12.3. The van der Waals surface area contributed by atoms with Crippen LogP contribution < -0.4 is 0 Å². The highest BCUT2D eigenvalue weighted by Gasteiger charge is 2.23. The van der Waals surface area contributed by atoms with Crippen LogP contribution in [-0.2, 0) is 17.8 Å². The number of piperidine rings is 1. The van der Waals surface area contributed by atoms with E-state index in [1.165, 1.54) is 0 Å². The summed E-state index contributed by atoms with van der Waals surface area (Å²) in [5.41, 5.74) is 0. The number of carbonyl (C=O) groups excluding carboxylic acids is 1. The van der Waals surface area contributed by atoms with Crippen molar-refractivity contribution < 1.29 is 4.79 Å². The van der Waals surface area contributed by atoms with Crippen molar-refractivity contribution in [3.8, 4) is 0 Å². The first-order chi connectivity index (χ1) is 10.2. The topological polar surface area (TPSA) is 38.1 Å². The molecular formula is C16H21N3OS. The number of aryl methyl sites for hydroxylation is 1. The van der Waals surface area contributed by atoms with E-state index < -0.39 is 0 Å². The van der Waals surface area contributed by atoms with Gasteiger partial charge in [0.15, 0.2) is 0 Å². The first-order valence-corrected chi connectivity index (χ1v) is 8.38. The van der Waals surface area contributed by atoms with E-state index in [4.69, 9.17) is 0 Å². The molecule has 0 bridgehead atoms. The lowest BCUT2D eigenvalue weighted by atomic mass is 9.96. The molecule has 0 spiro atoms. The second-order valence-corrected chi connectivity index (χ2v) is 6.74. The zero-order chi connectivity index (χ0) is 14.7. The van der Waals surface area contributed by atoms with Gasteiger partial charge in [-0.15, -0.1) is 11.3 Å². The fraction of sp³-hybridized carbons (Fsp3) is 0.500. The molecule has 112 valence electrons. The van der Waals surface area contributed by atoms with Gasteiger partial charge in [0.05, 0.1) is 6.42 Å². The van der Waals surface area contributed by atoms with Crippen molar-refractivity contribution in [3.05, 3.63) is 40.6 Å². The number of thiophene rings is 1. The first kappa shape index (κ1) is 14.3. The average Bonchev–Trinajstić information content (AvgIpc) is 3.12. The first-order valence-electron chi connectivity index (χ1n) is 7.50. The standard InChI is InChI=1S/C16H21N3OS/c1-13-17-6-9-19(13)12-14-4-7-18(8-5-14)16(20)11-15-3-2-10-21-15/h2-3,6,9-10,14H,4-5,7-8,11-12H2,1H3. The molecule has 21 heavy (non-hydrogen) atoms. The summed E-state index contributed by atoms with van der Waals surface area (Å²) in [6.45, 7) is 4.85. The maximum absolute atomic E-state index is 12.3. The van der Waals surface area contributed by atoms with Gasteiger partial charge in [-0.2, -0.15) is 0 Å². The van der Waals surface area contributed by atoms with Gasteiger partial charge >= 0.3 is 0 Å². The molecule has 5 heteroatoms. The van der Waals surface area contributed by atoms with Crippen LogP contribution in [-0.4, -0.2) is 33.4 Å². The van der Waals surface area contributed by atoms with Crippen molar-refractivity contribution in [3.63, 3.8) is 0 Å². The predicted octanol–water partition coefficient (Wildman–Crippen LogP) is 2.73. The van der Waals surface area contributed by atoms with Crippen molar-refractivity contribution in [1.29, 1.82) is 0 Å². The Morgan fingerprint density at radius 3 is 2.86 bits per heavy atom. The Kier molecular flexibility index (Phi) is 4.39. The Balaban J connectivity index is 1.48. The summed E-state index contributed by atoms with van der Waals surface area (Å²) in [5.74, 6) is 2.00. The highest BCUT2D eigenvalue weighted by atomic mass is 32.1. The number of amides is 1. The lowest BCUT2D eigenvalue weighted by Gasteiger charge is -2.32. The van der Waals surface area contributed by atoms with Gasteiger partial charge in [0.2, 0.25) is 5.91 Å². The van der Waals surface area contributed by atoms with E-state index in [-0.39, 0.29) is 5.91 Å². The van der Waals surface area contributed by atoms with Crippen LogP contribution in [0.4, 0.5) is 0 Å². The molecule has 1 fully saturated rings. The largest absolute Gasteiger partial charge is 0.342 e. The zero-order valence-corrected chi connectivity index (χ0v) is 13.2. The number of imidazole rings is 1. The van der Waals surface area contributed by atoms with Crippen molar-refractivity contribution in [2.75, 3.05) is 13.1 Å². The lowest BCUT2D eigenvalue weighted by molar-refractivity contribution is -0.131. The van der Waals surface area contributed by atoms with Crippen LogP contribution in [0.3, 0.4) is 0 Å². The van der Waals surface area contributed by atoms with Gasteiger partial charge < -0.3 is 9.47 Å². The molecule has 3 heterocycles. The minimum absolute atomic E-state index is 0.273. The summed E-state index contributed by atoms with van der Waals surface area (Å²) >= 11 is 1.66. The molecular weight excluding hydrogens is 282 g/mol. The molecule has 2 aromatic heterocycles. The van der Waals surface area contributed by atoms with Crippen LogP contribution in [0.25, 0.3) is 0 Å². The number of hydrogen-bond acceptors (Lipinski definition) is 3. The average molecular weight is 303 g/mol. The van der Waals surface area contributed by atoms with E-state index in [9.17, 15) is 4.79 Å². The molecule has 0 radical (unpaired) electrons. The third kappa shape index (κ3) is 3.53.